The zero-order valence-corrected chi connectivity index (χ0v) is 9.40. The second kappa shape index (κ2) is 4.41. The highest BCUT2D eigenvalue weighted by Gasteiger charge is 2.25. The van der Waals surface area contributed by atoms with Crippen molar-refractivity contribution in [3.8, 4) is 11.5 Å². The number of ether oxygens (including phenoxy) is 1. The molecule has 1 aliphatic rings. The molecule has 0 heterocycles. The Morgan fingerprint density at radius 2 is 1.88 bits per heavy atom. The number of aromatic hydroxyl groups is 1. The molecule has 0 saturated heterocycles. The number of ketones is 2. The molecule has 1 aromatic carbocycles. The number of rotatable bonds is 2. The van der Waals surface area contributed by atoms with Crippen LogP contribution in [0.25, 0.3) is 6.08 Å². The quantitative estimate of drug-likeness (QED) is 0.623. The summed E-state index contributed by atoms with van der Waals surface area (Å²) in [6, 6.07) is 4.68. The van der Waals surface area contributed by atoms with E-state index in [2.05, 4.69) is 0 Å². The van der Waals surface area contributed by atoms with Gasteiger partial charge in [0.1, 0.15) is 0 Å². The molecule has 0 unspecified atom stereocenters. The molecule has 1 aliphatic carbocycles. The van der Waals surface area contributed by atoms with Crippen LogP contribution >= 0.6 is 0 Å². The summed E-state index contributed by atoms with van der Waals surface area (Å²) in [6.07, 6.45) is 2.12. The molecule has 0 radical (unpaired) electrons. The minimum absolute atomic E-state index is 0.0266. The first-order chi connectivity index (χ1) is 8.11. The van der Waals surface area contributed by atoms with E-state index in [4.69, 9.17) is 4.74 Å². The Labute approximate surface area is 98.5 Å². The molecule has 0 bridgehead atoms. The Hall–Kier alpha value is -2.10. The van der Waals surface area contributed by atoms with Crippen LogP contribution < -0.4 is 4.74 Å². The monoisotopic (exact) mass is 232 g/mol. The molecule has 1 saturated carbocycles. The maximum atomic E-state index is 11.4. The summed E-state index contributed by atoms with van der Waals surface area (Å²) in [4.78, 5) is 22.9. The third-order valence-electron chi connectivity index (χ3n) is 2.69. The number of hydrogen-bond donors (Lipinski definition) is 1. The molecule has 2 rings (SSSR count). The fraction of sp³-hybridized carbons (Fsp3) is 0.231. The van der Waals surface area contributed by atoms with Crippen LogP contribution in [0, 0.1) is 0 Å². The molecule has 4 heteroatoms. The van der Waals surface area contributed by atoms with Gasteiger partial charge in [0.2, 0.25) is 0 Å². The molecule has 0 amide bonds. The minimum Gasteiger partial charge on any atom is -0.504 e. The highest BCUT2D eigenvalue weighted by molar-refractivity contribution is 6.27. The second-order valence-electron chi connectivity index (χ2n) is 3.84. The summed E-state index contributed by atoms with van der Waals surface area (Å²) >= 11 is 0. The van der Waals surface area contributed by atoms with Gasteiger partial charge in [0.25, 0.3) is 0 Å². The summed E-state index contributed by atoms with van der Waals surface area (Å²) < 4.78 is 4.95. The van der Waals surface area contributed by atoms with Crippen LogP contribution in [-0.2, 0) is 9.59 Å². The molecular weight excluding hydrogens is 220 g/mol. The Morgan fingerprint density at radius 3 is 2.47 bits per heavy atom. The van der Waals surface area contributed by atoms with Crippen molar-refractivity contribution in [3.63, 3.8) is 0 Å². The molecule has 4 nitrogen and oxygen atoms in total. The van der Waals surface area contributed by atoms with E-state index < -0.39 is 0 Å². The zero-order valence-electron chi connectivity index (χ0n) is 9.40. The van der Waals surface area contributed by atoms with Crippen LogP contribution in [0.1, 0.15) is 18.4 Å². The maximum Gasteiger partial charge on any atom is 0.166 e. The third kappa shape index (κ3) is 2.20. The predicted octanol–water partition coefficient (Wildman–Crippen LogP) is 1.72. The second-order valence-corrected chi connectivity index (χ2v) is 3.84. The van der Waals surface area contributed by atoms with Crippen LogP contribution in [0.3, 0.4) is 0 Å². The zero-order chi connectivity index (χ0) is 12.4. The fourth-order valence-electron chi connectivity index (χ4n) is 1.76. The first-order valence-electron chi connectivity index (χ1n) is 5.27. The Bertz CT molecular complexity index is 496. The Balaban J connectivity index is 2.38. The molecule has 0 spiro atoms. The topological polar surface area (TPSA) is 63.6 Å². The number of carbonyl (C=O) groups excluding carboxylic acids is 2. The maximum absolute atomic E-state index is 11.4. The predicted molar refractivity (Wildman–Crippen MR) is 61.9 cm³/mol. The van der Waals surface area contributed by atoms with E-state index >= 15 is 0 Å². The van der Waals surface area contributed by atoms with E-state index in [0.717, 1.165) is 0 Å². The summed E-state index contributed by atoms with van der Waals surface area (Å²) in [5.41, 5.74) is 0.899. The number of phenolic OH excluding ortho intramolecular Hbond substituents is 1. The van der Waals surface area contributed by atoms with Crippen molar-refractivity contribution in [1.29, 1.82) is 0 Å². The smallest absolute Gasteiger partial charge is 0.166 e. The van der Waals surface area contributed by atoms with Crippen LogP contribution in [-0.4, -0.2) is 23.8 Å². The highest BCUT2D eigenvalue weighted by Crippen LogP contribution is 2.28. The van der Waals surface area contributed by atoms with Gasteiger partial charge in [-0.3, -0.25) is 9.59 Å². The molecule has 0 aromatic heterocycles. The van der Waals surface area contributed by atoms with Gasteiger partial charge in [-0.1, -0.05) is 6.07 Å². The molecule has 0 aliphatic heterocycles. The standard InChI is InChI=1S/C13H12O4/c1-17-13-7-8(2-3-12(13)16)6-9-10(14)4-5-11(9)15/h2-3,6-7,16H,4-5H2,1H3. The number of Topliss-reactive ketones (excluding diaryl/α,β-unsaturated/α-hetero) is 2. The van der Waals surface area contributed by atoms with Gasteiger partial charge in [-0.2, -0.15) is 0 Å². The van der Waals surface area contributed by atoms with Crippen LogP contribution in [0.5, 0.6) is 11.5 Å². The van der Waals surface area contributed by atoms with E-state index in [1.165, 1.54) is 13.2 Å². The molecule has 1 aromatic rings. The molecule has 88 valence electrons. The van der Waals surface area contributed by atoms with E-state index in [-0.39, 0.29) is 22.9 Å². The molecular formula is C13H12O4. The van der Waals surface area contributed by atoms with Gasteiger partial charge in [-0.25, -0.2) is 0 Å². The van der Waals surface area contributed by atoms with E-state index in [0.29, 0.717) is 24.2 Å². The lowest BCUT2D eigenvalue weighted by molar-refractivity contribution is -0.116. The lowest BCUT2D eigenvalue weighted by atomic mass is 10.1. The Kier molecular flexibility index (Phi) is 2.95. The molecule has 1 fully saturated rings. The lowest BCUT2D eigenvalue weighted by Gasteiger charge is -2.04. The lowest BCUT2D eigenvalue weighted by Crippen LogP contribution is -1.98. The van der Waals surface area contributed by atoms with Crippen molar-refractivity contribution < 1.29 is 19.4 Å². The normalized spacial score (nSPS) is 15.2. The van der Waals surface area contributed by atoms with Gasteiger partial charge < -0.3 is 9.84 Å². The van der Waals surface area contributed by atoms with Gasteiger partial charge in [-0.15, -0.1) is 0 Å². The van der Waals surface area contributed by atoms with E-state index in [1.807, 2.05) is 0 Å². The number of carbonyl (C=O) groups is 2. The van der Waals surface area contributed by atoms with Crippen molar-refractivity contribution in [2.24, 2.45) is 0 Å². The van der Waals surface area contributed by atoms with E-state index in [1.54, 1.807) is 18.2 Å². The first-order valence-corrected chi connectivity index (χ1v) is 5.27. The largest absolute Gasteiger partial charge is 0.504 e. The summed E-state index contributed by atoms with van der Waals surface area (Å²) in [7, 11) is 1.44. The number of hydrogen-bond acceptors (Lipinski definition) is 4. The van der Waals surface area contributed by atoms with Crippen LogP contribution in [0.2, 0.25) is 0 Å². The van der Waals surface area contributed by atoms with Crippen molar-refractivity contribution in [2.45, 2.75) is 12.8 Å². The third-order valence-corrected chi connectivity index (χ3v) is 2.69. The van der Waals surface area contributed by atoms with Crippen molar-refractivity contribution in [1.82, 2.24) is 0 Å². The van der Waals surface area contributed by atoms with Crippen LogP contribution in [0.4, 0.5) is 0 Å². The van der Waals surface area contributed by atoms with Crippen molar-refractivity contribution in [2.75, 3.05) is 7.11 Å². The van der Waals surface area contributed by atoms with Crippen molar-refractivity contribution in [3.05, 3.63) is 29.3 Å². The van der Waals surface area contributed by atoms with Gasteiger partial charge in [-0.05, 0) is 23.8 Å². The number of phenols is 1. The highest BCUT2D eigenvalue weighted by atomic mass is 16.5. The Morgan fingerprint density at radius 1 is 1.24 bits per heavy atom. The minimum atomic E-state index is -0.123. The number of benzene rings is 1. The van der Waals surface area contributed by atoms with Gasteiger partial charge in [0.05, 0.1) is 12.7 Å². The van der Waals surface area contributed by atoms with E-state index in [9.17, 15) is 14.7 Å². The van der Waals surface area contributed by atoms with Crippen LogP contribution in [0.15, 0.2) is 23.8 Å². The summed E-state index contributed by atoms with van der Waals surface area (Å²) in [6.45, 7) is 0. The number of methoxy groups -OCH3 is 1. The summed E-state index contributed by atoms with van der Waals surface area (Å²) in [5, 5.41) is 9.42. The first kappa shape index (κ1) is 11.4. The molecule has 17 heavy (non-hydrogen) atoms. The summed E-state index contributed by atoms with van der Waals surface area (Å²) in [5.74, 6) is 0.0973. The number of allylic oxidation sites excluding steroid dienone is 1. The molecule has 0 atom stereocenters. The molecule has 1 N–H and O–H groups in total. The van der Waals surface area contributed by atoms with Gasteiger partial charge >= 0.3 is 0 Å². The van der Waals surface area contributed by atoms with Gasteiger partial charge in [0.15, 0.2) is 23.1 Å². The average molecular weight is 232 g/mol. The average Bonchev–Trinajstić information content (AvgIpc) is 2.63. The SMILES string of the molecule is COc1cc(C=C2C(=O)CCC2=O)ccc1O. The van der Waals surface area contributed by atoms with Gasteiger partial charge in [0, 0.05) is 12.8 Å². The fourth-order valence-corrected chi connectivity index (χ4v) is 1.76. The van der Waals surface area contributed by atoms with Crippen molar-refractivity contribution >= 4 is 17.6 Å².